The van der Waals surface area contributed by atoms with E-state index in [1.165, 1.54) is 11.0 Å². The van der Waals surface area contributed by atoms with Gasteiger partial charge in [-0.05, 0) is 25.8 Å². The van der Waals surface area contributed by atoms with Crippen molar-refractivity contribution in [1.82, 2.24) is 4.90 Å². The minimum atomic E-state index is -0.897. The molecular formula is C16H21N3O5. The molecule has 24 heavy (non-hydrogen) atoms. The number of carbonyl (C=O) groups excluding carboxylic acids is 1. The average Bonchev–Trinajstić information content (AvgIpc) is 2.54. The van der Waals surface area contributed by atoms with E-state index in [1.54, 1.807) is 30.1 Å². The molecule has 0 saturated carbocycles. The Morgan fingerprint density at radius 1 is 1.38 bits per heavy atom. The second kappa shape index (κ2) is 7.29. The molecule has 1 aliphatic rings. The fraction of sp³-hybridized carbons (Fsp3) is 0.500. The summed E-state index contributed by atoms with van der Waals surface area (Å²) in [5.41, 5.74) is 0.290. The number of carboxylic acids is 1. The fourth-order valence-corrected chi connectivity index (χ4v) is 2.98. The summed E-state index contributed by atoms with van der Waals surface area (Å²) in [6.45, 7) is 2.03. The molecule has 2 atom stereocenters. The molecule has 0 spiro atoms. The summed E-state index contributed by atoms with van der Waals surface area (Å²) < 4.78 is 0. The van der Waals surface area contributed by atoms with Crippen LogP contribution in [0.5, 0.6) is 0 Å². The van der Waals surface area contributed by atoms with Crippen LogP contribution in [-0.2, 0) is 9.59 Å². The summed E-state index contributed by atoms with van der Waals surface area (Å²) in [4.78, 5) is 37.4. The first-order chi connectivity index (χ1) is 11.3. The van der Waals surface area contributed by atoms with E-state index in [4.69, 9.17) is 5.11 Å². The number of hydrogen-bond donors (Lipinski definition) is 1. The van der Waals surface area contributed by atoms with Gasteiger partial charge in [0.1, 0.15) is 5.69 Å². The molecule has 130 valence electrons. The number of para-hydroxylation sites is 2. The maximum atomic E-state index is 12.6. The number of piperidine rings is 1. The Morgan fingerprint density at radius 2 is 2.04 bits per heavy atom. The lowest BCUT2D eigenvalue weighted by molar-refractivity contribution is -0.384. The molecule has 1 aromatic carbocycles. The molecule has 0 aromatic heterocycles. The van der Waals surface area contributed by atoms with Crippen LogP contribution in [0.4, 0.5) is 11.4 Å². The van der Waals surface area contributed by atoms with Gasteiger partial charge in [-0.3, -0.25) is 19.7 Å². The third kappa shape index (κ3) is 3.81. The predicted molar refractivity (Wildman–Crippen MR) is 87.9 cm³/mol. The number of benzene rings is 1. The van der Waals surface area contributed by atoms with Gasteiger partial charge in [0, 0.05) is 25.7 Å². The highest BCUT2D eigenvalue weighted by Gasteiger charge is 2.33. The van der Waals surface area contributed by atoms with Crippen molar-refractivity contribution in [3.8, 4) is 0 Å². The highest BCUT2D eigenvalue weighted by atomic mass is 16.6. The van der Waals surface area contributed by atoms with Crippen LogP contribution in [0.2, 0.25) is 0 Å². The molecule has 1 saturated heterocycles. The summed E-state index contributed by atoms with van der Waals surface area (Å²) >= 11 is 0. The zero-order chi connectivity index (χ0) is 17.9. The monoisotopic (exact) mass is 335 g/mol. The average molecular weight is 335 g/mol. The Kier molecular flexibility index (Phi) is 5.38. The first-order valence-electron chi connectivity index (χ1n) is 7.78. The standard InChI is InChI=1S/C16H21N3O5/c1-11-7-8-12(16(21)22)9-18(11)15(20)10-17(2)13-5-3-4-6-14(13)19(23)24/h3-6,11-12H,7-10H2,1-2H3,(H,21,22). The lowest BCUT2D eigenvalue weighted by Gasteiger charge is -2.37. The molecule has 1 N–H and O–H groups in total. The molecular weight excluding hydrogens is 314 g/mol. The topological polar surface area (TPSA) is 104 Å². The summed E-state index contributed by atoms with van der Waals surface area (Å²) in [6.07, 6.45) is 1.19. The van der Waals surface area contributed by atoms with Gasteiger partial charge in [0.15, 0.2) is 0 Å². The molecule has 2 rings (SSSR count). The van der Waals surface area contributed by atoms with Crippen molar-refractivity contribution in [2.45, 2.75) is 25.8 Å². The molecule has 1 fully saturated rings. The largest absolute Gasteiger partial charge is 0.481 e. The third-order valence-corrected chi connectivity index (χ3v) is 4.41. The molecule has 2 unspecified atom stereocenters. The predicted octanol–water partition coefficient (Wildman–Crippen LogP) is 1.74. The molecule has 0 bridgehead atoms. The number of likely N-dealkylation sites (tertiary alicyclic amines) is 1. The van der Waals surface area contributed by atoms with E-state index in [0.717, 1.165) is 0 Å². The number of amides is 1. The number of hydrogen-bond acceptors (Lipinski definition) is 5. The molecule has 1 aromatic rings. The second-order valence-electron chi connectivity index (χ2n) is 6.11. The lowest BCUT2D eigenvalue weighted by Crippen LogP contribution is -2.50. The van der Waals surface area contributed by atoms with Gasteiger partial charge in [-0.15, -0.1) is 0 Å². The van der Waals surface area contributed by atoms with Crippen LogP contribution in [0.1, 0.15) is 19.8 Å². The summed E-state index contributed by atoms with van der Waals surface area (Å²) in [7, 11) is 1.61. The van der Waals surface area contributed by atoms with Crippen LogP contribution >= 0.6 is 0 Å². The number of nitrogens with zero attached hydrogens (tertiary/aromatic N) is 3. The Bertz CT molecular complexity index is 648. The quantitative estimate of drug-likeness (QED) is 0.649. The summed E-state index contributed by atoms with van der Waals surface area (Å²) in [6, 6.07) is 6.19. The molecule has 1 heterocycles. The van der Waals surface area contributed by atoms with Crippen LogP contribution in [0.25, 0.3) is 0 Å². The smallest absolute Gasteiger partial charge is 0.308 e. The Balaban J connectivity index is 2.11. The minimum Gasteiger partial charge on any atom is -0.481 e. The molecule has 0 radical (unpaired) electrons. The molecule has 8 nitrogen and oxygen atoms in total. The first kappa shape index (κ1) is 17.7. The van der Waals surface area contributed by atoms with Gasteiger partial charge in [0.25, 0.3) is 5.69 Å². The highest BCUT2D eigenvalue weighted by molar-refractivity contribution is 5.83. The van der Waals surface area contributed by atoms with Crippen LogP contribution in [0.15, 0.2) is 24.3 Å². The molecule has 1 aliphatic heterocycles. The van der Waals surface area contributed by atoms with Crippen molar-refractivity contribution in [2.24, 2.45) is 5.92 Å². The number of likely N-dealkylation sites (N-methyl/N-ethyl adjacent to an activating group) is 1. The van der Waals surface area contributed by atoms with Gasteiger partial charge < -0.3 is 14.9 Å². The number of carboxylic acid groups (broad SMARTS) is 1. The van der Waals surface area contributed by atoms with Crippen molar-refractivity contribution in [1.29, 1.82) is 0 Å². The number of anilines is 1. The number of nitro benzene ring substituents is 1. The maximum absolute atomic E-state index is 12.6. The van der Waals surface area contributed by atoms with E-state index in [1.807, 2.05) is 6.92 Å². The van der Waals surface area contributed by atoms with Crippen LogP contribution < -0.4 is 4.90 Å². The van der Waals surface area contributed by atoms with Crippen molar-refractivity contribution < 1.29 is 19.6 Å². The first-order valence-corrected chi connectivity index (χ1v) is 7.78. The Hall–Kier alpha value is -2.64. The van der Waals surface area contributed by atoms with E-state index >= 15 is 0 Å². The van der Waals surface area contributed by atoms with Gasteiger partial charge >= 0.3 is 5.97 Å². The molecule has 8 heteroatoms. The van der Waals surface area contributed by atoms with Crippen molar-refractivity contribution in [3.05, 3.63) is 34.4 Å². The van der Waals surface area contributed by atoms with Crippen molar-refractivity contribution >= 4 is 23.3 Å². The lowest BCUT2D eigenvalue weighted by atomic mass is 9.93. The van der Waals surface area contributed by atoms with Gasteiger partial charge in [-0.25, -0.2) is 0 Å². The van der Waals surface area contributed by atoms with E-state index in [-0.39, 0.29) is 30.7 Å². The fourth-order valence-electron chi connectivity index (χ4n) is 2.98. The highest BCUT2D eigenvalue weighted by Crippen LogP contribution is 2.27. The summed E-state index contributed by atoms with van der Waals surface area (Å²) in [5, 5.41) is 20.3. The number of rotatable bonds is 5. The van der Waals surface area contributed by atoms with Crippen molar-refractivity contribution in [3.63, 3.8) is 0 Å². The zero-order valence-corrected chi connectivity index (χ0v) is 13.7. The molecule has 0 aliphatic carbocycles. The van der Waals surface area contributed by atoms with E-state index in [2.05, 4.69) is 0 Å². The van der Waals surface area contributed by atoms with Gasteiger partial charge in [0.2, 0.25) is 5.91 Å². The van der Waals surface area contributed by atoms with E-state index in [9.17, 15) is 19.7 Å². The molecule has 1 amide bonds. The maximum Gasteiger partial charge on any atom is 0.308 e. The zero-order valence-electron chi connectivity index (χ0n) is 13.7. The number of aliphatic carboxylic acids is 1. The van der Waals surface area contributed by atoms with Crippen LogP contribution in [-0.4, -0.2) is 53.0 Å². The van der Waals surface area contributed by atoms with E-state index in [0.29, 0.717) is 18.5 Å². The van der Waals surface area contributed by atoms with E-state index < -0.39 is 16.8 Å². The number of nitro groups is 1. The van der Waals surface area contributed by atoms with Crippen LogP contribution in [0, 0.1) is 16.0 Å². The van der Waals surface area contributed by atoms with Crippen molar-refractivity contribution in [2.75, 3.05) is 25.0 Å². The van der Waals surface area contributed by atoms with Gasteiger partial charge in [0.05, 0.1) is 17.4 Å². The number of carbonyl (C=O) groups is 2. The van der Waals surface area contributed by atoms with Gasteiger partial charge in [-0.1, -0.05) is 12.1 Å². The Morgan fingerprint density at radius 3 is 2.67 bits per heavy atom. The SMILES string of the molecule is CC1CCC(C(=O)O)CN1C(=O)CN(C)c1ccccc1[N+](=O)[O-]. The summed E-state index contributed by atoms with van der Waals surface area (Å²) in [5.74, 6) is -1.68. The Labute approximate surface area is 139 Å². The third-order valence-electron chi connectivity index (χ3n) is 4.41. The van der Waals surface area contributed by atoms with Crippen LogP contribution in [0.3, 0.4) is 0 Å². The minimum absolute atomic E-state index is 0.0349. The second-order valence-corrected chi connectivity index (χ2v) is 6.11. The van der Waals surface area contributed by atoms with Gasteiger partial charge in [-0.2, -0.15) is 0 Å². The normalized spacial score (nSPS) is 20.5.